The molecule has 0 aromatic heterocycles. The van der Waals surface area contributed by atoms with Gasteiger partial charge < -0.3 is 5.73 Å². The number of alkyl halides is 3. The van der Waals surface area contributed by atoms with Gasteiger partial charge in [0.05, 0.1) is 10.8 Å². The summed E-state index contributed by atoms with van der Waals surface area (Å²) < 4.78 is 37.6. The van der Waals surface area contributed by atoms with Crippen molar-refractivity contribution in [1.29, 1.82) is 0 Å². The number of hydrogen-bond donors (Lipinski definition) is 1. The van der Waals surface area contributed by atoms with Crippen molar-refractivity contribution in [1.82, 2.24) is 0 Å². The SMILES string of the molecule is CCCC(SCc1cccc(C(F)(F)F)c1)C(N)=O. The summed E-state index contributed by atoms with van der Waals surface area (Å²) in [6.07, 6.45) is -2.89. The van der Waals surface area contributed by atoms with Crippen molar-refractivity contribution in [2.75, 3.05) is 0 Å². The van der Waals surface area contributed by atoms with Gasteiger partial charge in [-0.05, 0) is 18.1 Å². The van der Waals surface area contributed by atoms with Crippen molar-refractivity contribution >= 4 is 17.7 Å². The number of benzene rings is 1. The normalized spacial score (nSPS) is 13.3. The fraction of sp³-hybridized carbons (Fsp3) is 0.462. The predicted octanol–water partition coefficient (Wildman–Crippen LogP) is 3.59. The molecule has 19 heavy (non-hydrogen) atoms. The van der Waals surface area contributed by atoms with Gasteiger partial charge in [-0.15, -0.1) is 11.8 Å². The van der Waals surface area contributed by atoms with Crippen LogP contribution < -0.4 is 5.73 Å². The minimum absolute atomic E-state index is 0.345. The Balaban J connectivity index is 2.69. The summed E-state index contributed by atoms with van der Waals surface area (Å²) in [5.41, 5.74) is 5.12. The highest BCUT2D eigenvalue weighted by Gasteiger charge is 2.30. The Morgan fingerprint density at radius 1 is 1.42 bits per heavy atom. The van der Waals surface area contributed by atoms with E-state index < -0.39 is 17.6 Å². The number of hydrogen-bond acceptors (Lipinski definition) is 2. The van der Waals surface area contributed by atoms with Crippen LogP contribution in [0, 0.1) is 0 Å². The van der Waals surface area contributed by atoms with Crippen LogP contribution >= 0.6 is 11.8 Å². The summed E-state index contributed by atoms with van der Waals surface area (Å²) >= 11 is 1.28. The second-order valence-electron chi connectivity index (χ2n) is 4.19. The van der Waals surface area contributed by atoms with E-state index in [4.69, 9.17) is 5.73 Å². The van der Waals surface area contributed by atoms with E-state index in [1.165, 1.54) is 17.8 Å². The monoisotopic (exact) mass is 291 g/mol. The van der Waals surface area contributed by atoms with Crippen LogP contribution in [0.3, 0.4) is 0 Å². The maximum Gasteiger partial charge on any atom is 0.416 e. The highest BCUT2D eigenvalue weighted by atomic mass is 32.2. The summed E-state index contributed by atoms with van der Waals surface area (Å²) in [4.78, 5) is 11.2. The minimum Gasteiger partial charge on any atom is -0.369 e. The first-order chi connectivity index (χ1) is 8.84. The van der Waals surface area contributed by atoms with Crippen molar-refractivity contribution in [3.05, 3.63) is 35.4 Å². The summed E-state index contributed by atoms with van der Waals surface area (Å²) in [6, 6.07) is 5.13. The fourth-order valence-electron chi connectivity index (χ4n) is 1.60. The molecule has 6 heteroatoms. The molecular formula is C13H16F3NOS. The topological polar surface area (TPSA) is 43.1 Å². The third-order valence-corrected chi connectivity index (χ3v) is 3.94. The maximum atomic E-state index is 12.5. The molecule has 1 rings (SSSR count). The molecule has 106 valence electrons. The molecule has 0 radical (unpaired) electrons. The average Bonchev–Trinajstić information content (AvgIpc) is 2.33. The van der Waals surface area contributed by atoms with Crippen LogP contribution in [0.25, 0.3) is 0 Å². The van der Waals surface area contributed by atoms with Gasteiger partial charge in [0.2, 0.25) is 5.91 Å². The van der Waals surface area contributed by atoms with E-state index in [2.05, 4.69) is 0 Å². The van der Waals surface area contributed by atoms with Gasteiger partial charge >= 0.3 is 6.18 Å². The molecule has 0 heterocycles. The molecule has 0 saturated carbocycles. The van der Waals surface area contributed by atoms with Crippen molar-refractivity contribution < 1.29 is 18.0 Å². The Morgan fingerprint density at radius 2 is 2.11 bits per heavy atom. The number of thioether (sulfide) groups is 1. The molecular weight excluding hydrogens is 275 g/mol. The van der Waals surface area contributed by atoms with E-state index in [1.54, 1.807) is 6.07 Å². The Bertz CT molecular complexity index is 434. The quantitative estimate of drug-likeness (QED) is 0.870. The van der Waals surface area contributed by atoms with Gasteiger partial charge in [-0.2, -0.15) is 13.2 Å². The smallest absolute Gasteiger partial charge is 0.369 e. The minimum atomic E-state index is -4.34. The molecule has 0 aliphatic heterocycles. The Kier molecular flexibility index (Phi) is 5.72. The molecule has 1 aromatic rings. The number of halogens is 3. The lowest BCUT2D eigenvalue weighted by Crippen LogP contribution is -2.25. The lowest BCUT2D eigenvalue weighted by molar-refractivity contribution is -0.137. The number of carbonyl (C=O) groups excluding carboxylic acids is 1. The Hall–Kier alpha value is -1.17. The fourth-order valence-corrected chi connectivity index (χ4v) is 2.74. The number of amides is 1. The molecule has 0 spiro atoms. The van der Waals surface area contributed by atoms with Crippen LogP contribution in [0.1, 0.15) is 30.9 Å². The molecule has 0 aliphatic rings. The molecule has 1 atom stereocenters. The van der Waals surface area contributed by atoms with Crippen molar-refractivity contribution in [2.45, 2.75) is 36.9 Å². The second-order valence-corrected chi connectivity index (χ2v) is 5.38. The summed E-state index contributed by atoms with van der Waals surface area (Å²) in [5.74, 6) is -0.0730. The Labute approximate surface area is 114 Å². The van der Waals surface area contributed by atoms with E-state index in [0.717, 1.165) is 18.6 Å². The van der Waals surface area contributed by atoms with Gasteiger partial charge in [-0.3, -0.25) is 4.79 Å². The first-order valence-corrected chi connectivity index (χ1v) is 6.96. The van der Waals surface area contributed by atoms with E-state index in [9.17, 15) is 18.0 Å². The predicted molar refractivity (Wildman–Crippen MR) is 70.6 cm³/mol. The van der Waals surface area contributed by atoms with Crippen molar-refractivity contribution in [3.63, 3.8) is 0 Å². The van der Waals surface area contributed by atoms with E-state index >= 15 is 0 Å². The molecule has 0 aliphatic carbocycles. The van der Waals surface area contributed by atoms with Gasteiger partial charge in [0.25, 0.3) is 0 Å². The molecule has 0 saturated heterocycles. The van der Waals surface area contributed by atoms with E-state index in [0.29, 0.717) is 17.7 Å². The number of carbonyl (C=O) groups is 1. The average molecular weight is 291 g/mol. The molecule has 1 unspecified atom stereocenters. The first kappa shape index (κ1) is 15.9. The highest BCUT2D eigenvalue weighted by Crippen LogP contribution is 2.31. The summed E-state index contributed by atoms with van der Waals surface area (Å²) in [6.45, 7) is 1.93. The number of rotatable bonds is 6. The zero-order valence-corrected chi connectivity index (χ0v) is 11.4. The van der Waals surface area contributed by atoms with Gasteiger partial charge in [0.1, 0.15) is 0 Å². The van der Waals surface area contributed by atoms with Gasteiger partial charge in [0, 0.05) is 5.75 Å². The van der Waals surface area contributed by atoms with Crippen LogP contribution in [0.4, 0.5) is 13.2 Å². The third-order valence-electron chi connectivity index (χ3n) is 2.57. The lowest BCUT2D eigenvalue weighted by atomic mass is 10.1. The highest BCUT2D eigenvalue weighted by molar-refractivity contribution is 7.99. The van der Waals surface area contributed by atoms with Crippen LogP contribution in [0.2, 0.25) is 0 Å². The van der Waals surface area contributed by atoms with Crippen LogP contribution in [-0.4, -0.2) is 11.2 Å². The largest absolute Gasteiger partial charge is 0.416 e. The zero-order chi connectivity index (χ0) is 14.5. The van der Waals surface area contributed by atoms with Crippen molar-refractivity contribution in [2.24, 2.45) is 5.73 Å². The van der Waals surface area contributed by atoms with Gasteiger partial charge in [-0.1, -0.05) is 31.5 Å². The molecule has 0 fully saturated rings. The first-order valence-electron chi connectivity index (χ1n) is 5.91. The Morgan fingerprint density at radius 3 is 2.63 bits per heavy atom. The van der Waals surface area contributed by atoms with Crippen LogP contribution in [-0.2, 0) is 16.7 Å². The zero-order valence-electron chi connectivity index (χ0n) is 10.5. The number of nitrogens with two attached hydrogens (primary N) is 1. The van der Waals surface area contributed by atoms with Gasteiger partial charge in [0.15, 0.2) is 0 Å². The second kappa shape index (κ2) is 6.84. The molecule has 1 amide bonds. The van der Waals surface area contributed by atoms with Crippen molar-refractivity contribution in [3.8, 4) is 0 Å². The molecule has 2 N–H and O–H groups in total. The van der Waals surface area contributed by atoms with Crippen LogP contribution in [0.5, 0.6) is 0 Å². The summed E-state index contributed by atoms with van der Waals surface area (Å²) in [5, 5.41) is -0.348. The number of primary amides is 1. The van der Waals surface area contributed by atoms with E-state index in [1.807, 2.05) is 6.92 Å². The molecule has 0 bridgehead atoms. The summed E-state index contributed by atoms with van der Waals surface area (Å²) in [7, 11) is 0. The maximum absolute atomic E-state index is 12.5. The molecule has 1 aromatic carbocycles. The van der Waals surface area contributed by atoms with Gasteiger partial charge in [-0.25, -0.2) is 0 Å². The third kappa shape index (κ3) is 5.14. The lowest BCUT2D eigenvalue weighted by Gasteiger charge is -2.13. The molecule has 2 nitrogen and oxygen atoms in total. The van der Waals surface area contributed by atoms with Crippen LogP contribution in [0.15, 0.2) is 24.3 Å². The van der Waals surface area contributed by atoms with E-state index in [-0.39, 0.29) is 5.25 Å². The standard InChI is InChI=1S/C13H16F3NOS/c1-2-4-11(12(17)18)19-8-9-5-3-6-10(7-9)13(14,15)16/h3,5-7,11H,2,4,8H2,1H3,(H2,17,18).